The topological polar surface area (TPSA) is 64.8 Å². The summed E-state index contributed by atoms with van der Waals surface area (Å²) in [6, 6.07) is 24.7. The molecule has 1 aromatic heterocycles. The van der Waals surface area contributed by atoms with Crippen LogP contribution in [0.4, 0.5) is 0 Å². The van der Waals surface area contributed by atoms with Crippen LogP contribution in [0.1, 0.15) is 32.9 Å². The maximum atomic E-state index is 12.6. The number of benzene rings is 3. The quantitative estimate of drug-likeness (QED) is 0.241. The Labute approximate surface area is 209 Å². The number of ether oxygens (including phenoxy) is 2. The summed E-state index contributed by atoms with van der Waals surface area (Å²) in [6.45, 7) is 4.48. The Bertz CT molecular complexity index is 1340. The number of halogens is 1. The van der Waals surface area contributed by atoms with Gasteiger partial charge in [0.15, 0.2) is 11.5 Å². The number of hydrazone groups is 1. The van der Waals surface area contributed by atoms with E-state index in [1.807, 2.05) is 74.5 Å². The number of aromatic nitrogens is 1. The second-order valence-electron chi connectivity index (χ2n) is 8.00. The highest BCUT2D eigenvalue weighted by molar-refractivity contribution is 6.34. The van der Waals surface area contributed by atoms with Gasteiger partial charge in [-0.2, -0.15) is 5.10 Å². The lowest BCUT2D eigenvalue weighted by molar-refractivity contribution is 0.0955. The number of methoxy groups -OCH3 is 1. The lowest BCUT2D eigenvalue weighted by atomic mass is 10.2. The minimum absolute atomic E-state index is 0.345. The molecule has 1 N–H and O–H groups in total. The number of amides is 1. The van der Waals surface area contributed by atoms with E-state index in [1.165, 1.54) is 6.21 Å². The van der Waals surface area contributed by atoms with Gasteiger partial charge >= 0.3 is 0 Å². The number of rotatable bonds is 8. The van der Waals surface area contributed by atoms with Crippen molar-refractivity contribution in [2.24, 2.45) is 5.10 Å². The Hall–Kier alpha value is -4.03. The van der Waals surface area contributed by atoms with Crippen LogP contribution in [0.2, 0.25) is 5.02 Å². The Kier molecular flexibility index (Phi) is 7.53. The van der Waals surface area contributed by atoms with E-state index in [0.29, 0.717) is 28.7 Å². The molecule has 0 atom stereocenters. The highest BCUT2D eigenvalue weighted by Crippen LogP contribution is 2.28. The summed E-state index contributed by atoms with van der Waals surface area (Å²) in [6.07, 6.45) is 1.54. The SMILES string of the molecule is COc1cc(/C=N\NC(=O)c2ccc(-n3c(C)ccc3C)cc2Cl)ccc1OCc1ccccc1. The van der Waals surface area contributed by atoms with Crippen LogP contribution in [0.15, 0.2) is 84.0 Å². The number of carbonyl (C=O) groups excluding carboxylic acids is 1. The second-order valence-corrected chi connectivity index (χ2v) is 8.41. The summed E-state index contributed by atoms with van der Waals surface area (Å²) in [5.74, 6) is 0.802. The summed E-state index contributed by atoms with van der Waals surface area (Å²) in [5.41, 5.74) is 7.76. The molecule has 0 aliphatic carbocycles. The minimum Gasteiger partial charge on any atom is -0.493 e. The largest absolute Gasteiger partial charge is 0.493 e. The number of hydrogen-bond acceptors (Lipinski definition) is 4. The van der Waals surface area contributed by atoms with Crippen LogP contribution < -0.4 is 14.9 Å². The van der Waals surface area contributed by atoms with Gasteiger partial charge in [0.1, 0.15) is 6.61 Å². The zero-order valence-corrected chi connectivity index (χ0v) is 20.5. The Morgan fingerprint density at radius 3 is 2.40 bits per heavy atom. The van der Waals surface area contributed by atoms with E-state index in [-0.39, 0.29) is 0 Å². The first-order chi connectivity index (χ1) is 17.0. The van der Waals surface area contributed by atoms with Crippen LogP contribution in [-0.2, 0) is 6.61 Å². The van der Waals surface area contributed by atoms with Crippen LogP contribution in [0.25, 0.3) is 5.69 Å². The average molecular weight is 488 g/mol. The molecule has 0 bridgehead atoms. The number of nitrogens with one attached hydrogen (secondary N) is 1. The predicted octanol–water partition coefficient (Wildman–Crippen LogP) is 6.10. The standard InChI is InChI=1S/C28H26ClN3O3/c1-19-9-10-20(2)32(19)23-12-13-24(25(29)16-23)28(33)31-30-17-22-11-14-26(27(15-22)34-3)35-18-21-7-5-4-6-8-21/h4-17H,18H2,1-3H3,(H,31,33)/b30-17-. The van der Waals surface area contributed by atoms with E-state index < -0.39 is 5.91 Å². The molecule has 0 fully saturated rings. The summed E-state index contributed by atoms with van der Waals surface area (Å²) in [5, 5.41) is 4.42. The predicted molar refractivity (Wildman–Crippen MR) is 139 cm³/mol. The van der Waals surface area contributed by atoms with Crippen LogP contribution in [0.3, 0.4) is 0 Å². The number of nitrogens with zero attached hydrogens (tertiary/aromatic N) is 2. The minimum atomic E-state index is -0.395. The fourth-order valence-corrected chi connectivity index (χ4v) is 4.01. The van der Waals surface area contributed by atoms with Crippen molar-refractivity contribution in [3.05, 3.63) is 112 Å². The van der Waals surface area contributed by atoms with Crippen molar-refractivity contribution in [1.29, 1.82) is 0 Å². The second kappa shape index (κ2) is 10.9. The van der Waals surface area contributed by atoms with Gasteiger partial charge in [-0.3, -0.25) is 4.79 Å². The molecule has 1 amide bonds. The van der Waals surface area contributed by atoms with Gasteiger partial charge in [0.25, 0.3) is 5.91 Å². The summed E-state index contributed by atoms with van der Waals surface area (Å²) in [4.78, 5) is 12.6. The first-order valence-electron chi connectivity index (χ1n) is 11.1. The summed E-state index contributed by atoms with van der Waals surface area (Å²) >= 11 is 6.42. The van der Waals surface area contributed by atoms with E-state index >= 15 is 0 Å². The molecular formula is C28H26ClN3O3. The molecule has 7 heteroatoms. The van der Waals surface area contributed by atoms with Crippen LogP contribution in [0.5, 0.6) is 11.5 Å². The zero-order chi connectivity index (χ0) is 24.8. The van der Waals surface area contributed by atoms with Crippen molar-refractivity contribution >= 4 is 23.7 Å². The smallest absolute Gasteiger partial charge is 0.272 e. The Morgan fingerprint density at radius 1 is 0.971 bits per heavy atom. The van der Waals surface area contributed by atoms with E-state index in [1.54, 1.807) is 25.3 Å². The highest BCUT2D eigenvalue weighted by Gasteiger charge is 2.12. The van der Waals surface area contributed by atoms with Crippen LogP contribution >= 0.6 is 11.6 Å². The lowest BCUT2D eigenvalue weighted by Crippen LogP contribution is -2.18. The molecule has 0 aliphatic heterocycles. The molecule has 3 aromatic carbocycles. The first kappa shape index (κ1) is 24.1. The molecule has 0 radical (unpaired) electrons. The fourth-order valence-electron chi connectivity index (χ4n) is 3.75. The Balaban J connectivity index is 1.41. The van der Waals surface area contributed by atoms with Crippen LogP contribution in [0, 0.1) is 13.8 Å². The molecule has 6 nitrogen and oxygen atoms in total. The average Bonchev–Trinajstić information content (AvgIpc) is 3.21. The van der Waals surface area contributed by atoms with Gasteiger partial charge in [-0.05, 0) is 73.5 Å². The van der Waals surface area contributed by atoms with Gasteiger partial charge in [0.2, 0.25) is 0 Å². The Morgan fingerprint density at radius 2 is 1.71 bits per heavy atom. The maximum absolute atomic E-state index is 12.6. The molecule has 35 heavy (non-hydrogen) atoms. The van der Waals surface area contributed by atoms with E-state index in [2.05, 4.69) is 15.1 Å². The summed E-state index contributed by atoms with van der Waals surface area (Å²) in [7, 11) is 1.58. The molecule has 1 heterocycles. The molecule has 4 rings (SSSR count). The molecule has 0 unspecified atom stereocenters. The monoisotopic (exact) mass is 487 g/mol. The first-order valence-corrected chi connectivity index (χ1v) is 11.5. The van der Waals surface area contributed by atoms with E-state index in [4.69, 9.17) is 21.1 Å². The lowest BCUT2D eigenvalue weighted by Gasteiger charge is -2.12. The summed E-state index contributed by atoms with van der Waals surface area (Å²) < 4.78 is 13.4. The van der Waals surface area contributed by atoms with Crippen LogP contribution in [-0.4, -0.2) is 23.8 Å². The van der Waals surface area contributed by atoms with Gasteiger partial charge < -0.3 is 14.0 Å². The molecule has 4 aromatic rings. The normalized spacial score (nSPS) is 11.0. The van der Waals surface area contributed by atoms with Crippen molar-refractivity contribution in [2.75, 3.05) is 7.11 Å². The van der Waals surface area contributed by atoms with Gasteiger partial charge in [0, 0.05) is 17.1 Å². The third kappa shape index (κ3) is 5.73. The van der Waals surface area contributed by atoms with Gasteiger partial charge in [-0.25, -0.2) is 5.43 Å². The van der Waals surface area contributed by atoms with Gasteiger partial charge in [-0.1, -0.05) is 41.9 Å². The molecule has 0 spiro atoms. The number of aryl methyl sites for hydroxylation is 2. The van der Waals surface area contributed by atoms with Gasteiger partial charge in [-0.15, -0.1) is 0 Å². The van der Waals surface area contributed by atoms with E-state index in [9.17, 15) is 4.79 Å². The number of hydrogen-bond donors (Lipinski definition) is 1. The van der Waals surface area contributed by atoms with E-state index in [0.717, 1.165) is 28.2 Å². The molecular weight excluding hydrogens is 462 g/mol. The molecule has 178 valence electrons. The van der Waals surface area contributed by atoms with Gasteiger partial charge in [0.05, 0.1) is 23.9 Å². The molecule has 0 saturated heterocycles. The molecule has 0 saturated carbocycles. The highest BCUT2D eigenvalue weighted by atomic mass is 35.5. The van der Waals surface area contributed by atoms with Crippen molar-refractivity contribution in [2.45, 2.75) is 20.5 Å². The third-order valence-electron chi connectivity index (χ3n) is 5.53. The van der Waals surface area contributed by atoms with Crippen molar-refractivity contribution in [3.63, 3.8) is 0 Å². The number of carbonyl (C=O) groups is 1. The third-order valence-corrected chi connectivity index (χ3v) is 5.84. The zero-order valence-electron chi connectivity index (χ0n) is 19.8. The van der Waals surface area contributed by atoms with Crippen molar-refractivity contribution < 1.29 is 14.3 Å². The molecule has 0 aliphatic rings. The van der Waals surface area contributed by atoms with Crippen molar-refractivity contribution in [3.8, 4) is 17.2 Å². The van der Waals surface area contributed by atoms with Crippen molar-refractivity contribution in [1.82, 2.24) is 9.99 Å². The fraction of sp³-hybridized carbons (Fsp3) is 0.143. The maximum Gasteiger partial charge on any atom is 0.272 e.